The molecule has 4 nitrogen and oxygen atoms in total. The van der Waals surface area contributed by atoms with Gasteiger partial charge in [0.25, 0.3) is 5.56 Å². The Hall–Kier alpha value is -1.05. The van der Waals surface area contributed by atoms with E-state index in [-0.39, 0.29) is 5.56 Å². The van der Waals surface area contributed by atoms with Crippen LogP contribution in [-0.2, 0) is 6.54 Å². The number of thiophene rings is 1. The van der Waals surface area contributed by atoms with Crippen molar-refractivity contribution in [2.75, 3.05) is 0 Å². The summed E-state index contributed by atoms with van der Waals surface area (Å²) in [4.78, 5) is 18.4. The van der Waals surface area contributed by atoms with Gasteiger partial charge in [-0.3, -0.25) is 9.36 Å². The second kappa shape index (κ2) is 4.56. The number of halogens is 1. The van der Waals surface area contributed by atoms with Crippen LogP contribution in [0.2, 0.25) is 0 Å². The smallest absolute Gasteiger partial charge is 0.264 e. The SMILES string of the molecule is Cc1nsc2ncn(Cc3sccc3Br)c(=O)c12. The first kappa shape index (κ1) is 12.0. The van der Waals surface area contributed by atoms with Crippen molar-refractivity contribution < 1.29 is 0 Å². The Morgan fingerprint density at radius 2 is 2.33 bits per heavy atom. The van der Waals surface area contributed by atoms with Crippen LogP contribution in [0.4, 0.5) is 0 Å². The second-order valence-electron chi connectivity index (χ2n) is 3.82. The normalized spacial score (nSPS) is 11.2. The molecule has 3 aromatic heterocycles. The molecule has 3 aromatic rings. The summed E-state index contributed by atoms with van der Waals surface area (Å²) in [7, 11) is 0. The third-order valence-electron chi connectivity index (χ3n) is 2.64. The van der Waals surface area contributed by atoms with Gasteiger partial charge in [0, 0.05) is 9.35 Å². The molecule has 0 spiro atoms. The maximum atomic E-state index is 12.3. The van der Waals surface area contributed by atoms with E-state index in [4.69, 9.17) is 0 Å². The molecule has 0 unspecified atom stereocenters. The third kappa shape index (κ3) is 1.92. The highest BCUT2D eigenvalue weighted by Gasteiger charge is 2.11. The van der Waals surface area contributed by atoms with Crippen LogP contribution in [0.1, 0.15) is 10.6 Å². The summed E-state index contributed by atoms with van der Waals surface area (Å²) in [6.07, 6.45) is 1.59. The molecule has 0 fully saturated rings. The predicted octanol–water partition coefficient (Wildman–Crippen LogP) is 3.03. The van der Waals surface area contributed by atoms with Crippen molar-refractivity contribution in [1.29, 1.82) is 0 Å². The number of hydrogen-bond donors (Lipinski definition) is 0. The van der Waals surface area contributed by atoms with Crippen LogP contribution in [0, 0.1) is 6.92 Å². The molecular formula is C11H8BrN3OS2. The van der Waals surface area contributed by atoms with Crippen LogP contribution in [0.15, 0.2) is 27.0 Å². The van der Waals surface area contributed by atoms with Crippen LogP contribution < -0.4 is 5.56 Å². The van der Waals surface area contributed by atoms with E-state index in [1.54, 1.807) is 22.2 Å². The molecule has 0 saturated heterocycles. The topological polar surface area (TPSA) is 47.8 Å². The van der Waals surface area contributed by atoms with Crippen LogP contribution in [0.25, 0.3) is 10.2 Å². The molecule has 0 radical (unpaired) electrons. The number of aryl methyl sites for hydroxylation is 1. The Kier molecular flexibility index (Phi) is 3.04. The summed E-state index contributed by atoms with van der Waals surface area (Å²) < 4.78 is 6.82. The summed E-state index contributed by atoms with van der Waals surface area (Å²) >= 11 is 6.35. The van der Waals surface area contributed by atoms with Gasteiger partial charge in [-0.2, -0.15) is 4.37 Å². The molecule has 0 saturated carbocycles. The second-order valence-corrected chi connectivity index (χ2v) is 6.42. The van der Waals surface area contributed by atoms with E-state index in [9.17, 15) is 4.79 Å². The molecule has 0 aromatic carbocycles. The fraction of sp³-hybridized carbons (Fsp3) is 0.182. The van der Waals surface area contributed by atoms with Gasteiger partial charge in [0.05, 0.1) is 24.0 Å². The quantitative estimate of drug-likeness (QED) is 0.719. The van der Waals surface area contributed by atoms with Crippen molar-refractivity contribution in [2.45, 2.75) is 13.5 Å². The van der Waals surface area contributed by atoms with E-state index in [1.807, 2.05) is 18.4 Å². The lowest BCUT2D eigenvalue weighted by Gasteiger charge is -2.03. The van der Waals surface area contributed by atoms with Crippen molar-refractivity contribution in [3.63, 3.8) is 0 Å². The molecule has 0 aliphatic heterocycles. The maximum absolute atomic E-state index is 12.3. The van der Waals surface area contributed by atoms with Gasteiger partial charge in [-0.15, -0.1) is 11.3 Å². The minimum absolute atomic E-state index is 0.0217. The summed E-state index contributed by atoms with van der Waals surface area (Å²) in [5.74, 6) is 0. The maximum Gasteiger partial charge on any atom is 0.264 e. The van der Waals surface area contributed by atoms with Crippen LogP contribution in [-0.4, -0.2) is 13.9 Å². The van der Waals surface area contributed by atoms with Gasteiger partial charge < -0.3 is 0 Å². The molecule has 0 atom stereocenters. The Bertz CT molecular complexity index is 774. The fourth-order valence-electron chi connectivity index (χ4n) is 1.72. The standard InChI is InChI=1S/C11H8BrN3OS2/c1-6-9-10(18-14-6)13-5-15(11(9)16)4-8-7(12)2-3-17-8/h2-3,5H,4H2,1H3. The zero-order valence-corrected chi connectivity index (χ0v) is 12.6. The summed E-state index contributed by atoms with van der Waals surface area (Å²) in [6.45, 7) is 2.38. The molecule has 0 aliphatic carbocycles. The summed E-state index contributed by atoms with van der Waals surface area (Å²) in [5.41, 5.74) is 0.735. The van der Waals surface area contributed by atoms with E-state index in [0.29, 0.717) is 16.8 Å². The summed E-state index contributed by atoms with van der Waals surface area (Å²) in [5, 5.41) is 2.63. The lowest BCUT2D eigenvalue weighted by Crippen LogP contribution is -2.20. The van der Waals surface area contributed by atoms with Gasteiger partial charge in [-0.1, -0.05) is 0 Å². The molecular weight excluding hydrogens is 334 g/mol. The fourth-order valence-corrected chi connectivity index (χ4v) is 3.93. The largest absolute Gasteiger partial charge is 0.293 e. The average Bonchev–Trinajstić information content (AvgIpc) is 2.91. The van der Waals surface area contributed by atoms with E-state index < -0.39 is 0 Å². The van der Waals surface area contributed by atoms with Crippen molar-refractivity contribution in [2.24, 2.45) is 0 Å². The average molecular weight is 342 g/mol. The molecule has 0 N–H and O–H groups in total. The monoisotopic (exact) mass is 341 g/mol. The minimum Gasteiger partial charge on any atom is -0.293 e. The molecule has 18 heavy (non-hydrogen) atoms. The van der Waals surface area contributed by atoms with E-state index in [1.165, 1.54) is 11.5 Å². The lowest BCUT2D eigenvalue weighted by molar-refractivity contribution is 0.757. The Balaban J connectivity index is 2.13. The van der Waals surface area contributed by atoms with E-state index in [2.05, 4.69) is 25.3 Å². The number of rotatable bonds is 2. The first-order chi connectivity index (χ1) is 8.66. The molecule has 0 aliphatic rings. The van der Waals surface area contributed by atoms with Gasteiger partial charge >= 0.3 is 0 Å². The molecule has 0 amide bonds. The minimum atomic E-state index is -0.0217. The van der Waals surface area contributed by atoms with Crippen LogP contribution >= 0.6 is 38.8 Å². The number of aromatic nitrogens is 3. The molecule has 92 valence electrons. The van der Waals surface area contributed by atoms with Gasteiger partial charge in [0.2, 0.25) is 0 Å². The van der Waals surface area contributed by atoms with E-state index >= 15 is 0 Å². The van der Waals surface area contributed by atoms with Gasteiger partial charge in [0.15, 0.2) is 4.83 Å². The van der Waals surface area contributed by atoms with E-state index in [0.717, 1.165) is 15.0 Å². The molecule has 7 heteroatoms. The molecule has 0 bridgehead atoms. The Morgan fingerprint density at radius 3 is 3.06 bits per heavy atom. The van der Waals surface area contributed by atoms with Crippen molar-refractivity contribution in [3.05, 3.63) is 43.2 Å². The predicted molar refractivity (Wildman–Crippen MR) is 77.5 cm³/mol. The van der Waals surface area contributed by atoms with Gasteiger partial charge in [-0.05, 0) is 45.8 Å². The first-order valence-corrected chi connectivity index (χ1v) is 7.64. The highest BCUT2D eigenvalue weighted by atomic mass is 79.9. The van der Waals surface area contributed by atoms with Gasteiger partial charge in [-0.25, -0.2) is 4.98 Å². The highest BCUT2D eigenvalue weighted by Crippen LogP contribution is 2.23. The number of hydrogen-bond acceptors (Lipinski definition) is 5. The zero-order valence-electron chi connectivity index (χ0n) is 9.38. The third-order valence-corrected chi connectivity index (χ3v) is 5.40. The Morgan fingerprint density at radius 1 is 1.50 bits per heavy atom. The van der Waals surface area contributed by atoms with Crippen molar-refractivity contribution in [3.8, 4) is 0 Å². The first-order valence-electron chi connectivity index (χ1n) is 5.20. The zero-order chi connectivity index (χ0) is 12.7. The van der Waals surface area contributed by atoms with Crippen molar-refractivity contribution in [1.82, 2.24) is 13.9 Å². The molecule has 3 heterocycles. The lowest BCUT2D eigenvalue weighted by atomic mass is 10.3. The van der Waals surface area contributed by atoms with Gasteiger partial charge in [0.1, 0.15) is 0 Å². The van der Waals surface area contributed by atoms with Crippen LogP contribution in [0.3, 0.4) is 0 Å². The molecule has 3 rings (SSSR count). The Labute approximate surface area is 119 Å². The highest BCUT2D eigenvalue weighted by molar-refractivity contribution is 9.10. The number of nitrogens with zero attached hydrogens (tertiary/aromatic N) is 3. The summed E-state index contributed by atoms with van der Waals surface area (Å²) in [6, 6.07) is 1.98. The number of fused-ring (bicyclic) bond motifs is 1. The van der Waals surface area contributed by atoms with Crippen LogP contribution in [0.5, 0.6) is 0 Å². The van der Waals surface area contributed by atoms with Crippen molar-refractivity contribution >= 4 is 49.0 Å².